The Morgan fingerprint density at radius 2 is 1.27 bits per heavy atom. The number of unbranched alkanes of at least 4 members (excludes halogenated alkanes) is 13. The molecule has 0 rings (SSSR count). The lowest BCUT2D eigenvalue weighted by molar-refractivity contribution is -0.123. The van der Waals surface area contributed by atoms with Gasteiger partial charge in [-0.25, -0.2) is 0 Å². The molecule has 0 fully saturated rings. The number of aliphatic hydroxyl groups is 2. The number of carbonyl (C=O) groups is 1. The minimum Gasteiger partial charge on any atom is -0.394 e. The molecule has 4 nitrogen and oxygen atoms in total. The van der Waals surface area contributed by atoms with Crippen LogP contribution in [0, 0.1) is 0 Å². The molecule has 0 heterocycles. The van der Waals surface area contributed by atoms with E-state index in [-0.39, 0.29) is 12.5 Å². The SMILES string of the molecule is CCCCCC/C=C\CCCCCCCC(=O)NC(CO)C(O)CCCCCCC. The van der Waals surface area contributed by atoms with Gasteiger partial charge in [0.15, 0.2) is 0 Å². The molecule has 0 aliphatic rings. The normalized spacial score (nSPS) is 13.6. The minimum atomic E-state index is -0.653. The predicted molar refractivity (Wildman–Crippen MR) is 129 cm³/mol. The summed E-state index contributed by atoms with van der Waals surface area (Å²) in [6.07, 6.45) is 24.1. The van der Waals surface area contributed by atoms with Crippen molar-refractivity contribution < 1.29 is 15.0 Å². The molecule has 2 atom stereocenters. The Morgan fingerprint density at radius 3 is 1.87 bits per heavy atom. The second kappa shape index (κ2) is 22.8. The van der Waals surface area contributed by atoms with Crippen molar-refractivity contribution >= 4 is 5.91 Å². The Labute approximate surface area is 186 Å². The van der Waals surface area contributed by atoms with Gasteiger partial charge in [-0.3, -0.25) is 4.79 Å². The van der Waals surface area contributed by atoms with E-state index in [0.29, 0.717) is 12.8 Å². The van der Waals surface area contributed by atoms with Crippen LogP contribution in [0.15, 0.2) is 12.2 Å². The fourth-order valence-electron chi connectivity index (χ4n) is 3.70. The highest BCUT2D eigenvalue weighted by atomic mass is 16.3. The van der Waals surface area contributed by atoms with Crippen LogP contribution in [-0.4, -0.2) is 34.9 Å². The summed E-state index contributed by atoms with van der Waals surface area (Å²) >= 11 is 0. The Balaban J connectivity index is 3.62. The molecule has 0 saturated carbocycles. The van der Waals surface area contributed by atoms with Crippen molar-refractivity contribution in [1.82, 2.24) is 5.32 Å². The third kappa shape index (κ3) is 19.1. The molecule has 0 aliphatic carbocycles. The lowest BCUT2D eigenvalue weighted by Crippen LogP contribution is -2.45. The van der Waals surface area contributed by atoms with Crippen LogP contribution >= 0.6 is 0 Å². The van der Waals surface area contributed by atoms with Gasteiger partial charge >= 0.3 is 0 Å². The fraction of sp³-hybridized carbons (Fsp3) is 0.885. The van der Waals surface area contributed by atoms with E-state index in [1.54, 1.807) is 0 Å². The van der Waals surface area contributed by atoms with Gasteiger partial charge in [-0.2, -0.15) is 0 Å². The number of rotatable bonds is 22. The van der Waals surface area contributed by atoms with E-state index in [1.165, 1.54) is 77.0 Å². The summed E-state index contributed by atoms with van der Waals surface area (Å²) in [5, 5.41) is 22.5. The lowest BCUT2D eigenvalue weighted by atomic mass is 10.0. The van der Waals surface area contributed by atoms with Crippen molar-refractivity contribution in [2.24, 2.45) is 0 Å². The number of allylic oxidation sites excluding steroid dienone is 2. The molecule has 30 heavy (non-hydrogen) atoms. The quantitative estimate of drug-likeness (QED) is 0.138. The van der Waals surface area contributed by atoms with Crippen LogP contribution in [0.3, 0.4) is 0 Å². The highest BCUT2D eigenvalue weighted by Gasteiger charge is 2.19. The summed E-state index contributed by atoms with van der Waals surface area (Å²) in [5.41, 5.74) is 0. The smallest absolute Gasteiger partial charge is 0.220 e. The van der Waals surface area contributed by atoms with Crippen molar-refractivity contribution in [3.8, 4) is 0 Å². The van der Waals surface area contributed by atoms with Gasteiger partial charge in [0.1, 0.15) is 0 Å². The second-order valence-corrected chi connectivity index (χ2v) is 8.75. The minimum absolute atomic E-state index is 0.0508. The van der Waals surface area contributed by atoms with Crippen LogP contribution < -0.4 is 5.32 Å². The lowest BCUT2D eigenvalue weighted by Gasteiger charge is -2.22. The molecule has 1 amide bonds. The molecule has 3 N–H and O–H groups in total. The maximum Gasteiger partial charge on any atom is 0.220 e. The van der Waals surface area contributed by atoms with E-state index < -0.39 is 12.1 Å². The monoisotopic (exact) mass is 425 g/mol. The first-order valence-corrected chi connectivity index (χ1v) is 12.9. The van der Waals surface area contributed by atoms with Crippen LogP contribution in [0.25, 0.3) is 0 Å². The Hall–Kier alpha value is -0.870. The number of nitrogens with one attached hydrogen (secondary N) is 1. The molecular formula is C26H51NO3. The fourth-order valence-corrected chi connectivity index (χ4v) is 3.70. The summed E-state index contributed by atoms with van der Waals surface area (Å²) in [4.78, 5) is 12.1. The van der Waals surface area contributed by atoms with Crippen LogP contribution in [0.4, 0.5) is 0 Å². The first kappa shape index (κ1) is 29.1. The summed E-state index contributed by atoms with van der Waals surface area (Å²) in [6, 6.07) is -0.530. The van der Waals surface area contributed by atoms with E-state index in [9.17, 15) is 15.0 Å². The van der Waals surface area contributed by atoms with Crippen molar-refractivity contribution in [3.05, 3.63) is 12.2 Å². The zero-order valence-electron chi connectivity index (χ0n) is 20.0. The van der Waals surface area contributed by atoms with Gasteiger partial charge in [-0.15, -0.1) is 0 Å². The van der Waals surface area contributed by atoms with Gasteiger partial charge < -0.3 is 15.5 Å². The Morgan fingerprint density at radius 1 is 0.767 bits per heavy atom. The number of aliphatic hydroxyl groups excluding tert-OH is 2. The van der Waals surface area contributed by atoms with E-state index in [4.69, 9.17) is 0 Å². The van der Waals surface area contributed by atoms with Crippen LogP contribution in [0.5, 0.6) is 0 Å². The molecule has 4 heteroatoms. The molecule has 0 aromatic heterocycles. The van der Waals surface area contributed by atoms with E-state index in [2.05, 4.69) is 31.3 Å². The zero-order valence-corrected chi connectivity index (χ0v) is 20.0. The number of amides is 1. The standard InChI is InChI=1S/C26H51NO3/c1-3-5-7-9-10-11-12-13-14-15-16-18-20-22-26(30)27-24(23-28)25(29)21-19-17-8-6-4-2/h11-12,24-25,28-29H,3-10,13-23H2,1-2H3,(H,27,30)/b12-11-. The first-order valence-electron chi connectivity index (χ1n) is 12.9. The third-order valence-corrected chi connectivity index (χ3v) is 5.78. The van der Waals surface area contributed by atoms with Crippen molar-refractivity contribution in [2.45, 2.75) is 142 Å². The third-order valence-electron chi connectivity index (χ3n) is 5.78. The van der Waals surface area contributed by atoms with Gasteiger partial charge in [0.2, 0.25) is 5.91 Å². The largest absolute Gasteiger partial charge is 0.394 e. The van der Waals surface area contributed by atoms with Gasteiger partial charge in [-0.1, -0.05) is 96.6 Å². The molecule has 0 bridgehead atoms. The summed E-state index contributed by atoms with van der Waals surface area (Å²) < 4.78 is 0. The van der Waals surface area contributed by atoms with Crippen LogP contribution in [0.1, 0.15) is 129 Å². The Bertz CT molecular complexity index is 398. The second-order valence-electron chi connectivity index (χ2n) is 8.75. The molecule has 178 valence electrons. The summed E-state index contributed by atoms with van der Waals surface area (Å²) in [5.74, 6) is -0.0508. The average Bonchev–Trinajstić information content (AvgIpc) is 2.75. The number of hydrogen-bond donors (Lipinski definition) is 3. The zero-order chi connectivity index (χ0) is 22.3. The topological polar surface area (TPSA) is 69.6 Å². The number of carbonyl (C=O) groups excluding carboxylic acids is 1. The van der Waals surface area contributed by atoms with Gasteiger partial charge in [-0.05, 0) is 38.5 Å². The maximum absolute atomic E-state index is 12.1. The van der Waals surface area contributed by atoms with Crippen LogP contribution in [-0.2, 0) is 4.79 Å². The van der Waals surface area contributed by atoms with Crippen molar-refractivity contribution in [2.75, 3.05) is 6.61 Å². The highest BCUT2D eigenvalue weighted by molar-refractivity contribution is 5.76. The maximum atomic E-state index is 12.1. The summed E-state index contributed by atoms with van der Waals surface area (Å²) in [6.45, 7) is 4.23. The molecule has 0 radical (unpaired) electrons. The number of hydrogen-bond acceptors (Lipinski definition) is 3. The van der Waals surface area contributed by atoms with Gasteiger partial charge in [0.25, 0.3) is 0 Å². The van der Waals surface area contributed by atoms with Crippen molar-refractivity contribution in [3.63, 3.8) is 0 Å². The average molecular weight is 426 g/mol. The predicted octanol–water partition coefficient (Wildman–Crippen LogP) is 6.44. The molecular weight excluding hydrogens is 374 g/mol. The molecule has 0 aromatic carbocycles. The van der Waals surface area contributed by atoms with Gasteiger partial charge in [0.05, 0.1) is 18.8 Å². The van der Waals surface area contributed by atoms with E-state index in [1.807, 2.05) is 0 Å². The van der Waals surface area contributed by atoms with Crippen LogP contribution in [0.2, 0.25) is 0 Å². The molecule has 2 unspecified atom stereocenters. The van der Waals surface area contributed by atoms with E-state index >= 15 is 0 Å². The van der Waals surface area contributed by atoms with E-state index in [0.717, 1.165) is 25.7 Å². The van der Waals surface area contributed by atoms with Crippen molar-refractivity contribution in [1.29, 1.82) is 0 Å². The van der Waals surface area contributed by atoms with Gasteiger partial charge in [0, 0.05) is 6.42 Å². The first-order chi connectivity index (χ1) is 14.7. The Kier molecular flexibility index (Phi) is 22.1. The molecule has 0 aliphatic heterocycles. The molecule has 0 aromatic rings. The highest BCUT2D eigenvalue weighted by Crippen LogP contribution is 2.11. The molecule has 0 saturated heterocycles. The molecule has 0 spiro atoms. The summed E-state index contributed by atoms with van der Waals surface area (Å²) in [7, 11) is 0.